The molecule has 0 bridgehead atoms. The summed E-state index contributed by atoms with van der Waals surface area (Å²) in [6.45, 7) is 5.56. The Morgan fingerprint density at radius 3 is 2.11 bits per heavy atom. The lowest BCUT2D eigenvalue weighted by Crippen LogP contribution is -2.54. The summed E-state index contributed by atoms with van der Waals surface area (Å²) in [6.07, 6.45) is 0.286. The van der Waals surface area contributed by atoms with Crippen LogP contribution < -0.4 is 0 Å². The number of nitrogens with zero attached hydrogens (tertiary/aromatic N) is 5. The van der Waals surface area contributed by atoms with E-state index in [-0.39, 0.29) is 19.0 Å². The van der Waals surface area contributed by atoms with Crippen molar-refractivity contribution in [3.05, 3.63) is 0 Å². The molecule has 2 amide bonds. The molecule has 2 saturated heterocycles. The first-order chi connectivity index (χ1) is 12.8. The van der Waals surface area contributed by atoms with Crippen LogP contribution in [-0.4, -0.2) is 123 Å². The van der Waals surface area contributed by atoms with Crippen LogP contribution in [0.2, 0.25) is 0 Å². The molecule has 10 nitrogen and oxygen atoms in total. The SMILES string of the molecule is CCOC(=O)N1CCN(S(=O)(=O)N2CCCN(CC(=O)N(C)C)CC2)CC1. The molecule has 0 atom stereocenters. The normalized spacial score (nSPS) is 20.9. The number of ether oxygens (including phenoxy) is 1. The molecule has 0 aromatic carbocycles. The lowest BCUT2D eigenvalue weighted by atomic mass is 10.4. The van der Waals surface area contributed by atoms with Gasteiger partial charge in [-0.2, -0.15) is 17.0 Å². The van der Waals surface area contributed by atoms with Gasteiger partial charge in [-0.3, -0.25) is 9.69 Å². The van der Waals surface area contributed by atoms with Gasteiger partial charge in [0.25, 0.3) is 10.2 Å². The fourth-order valence-corrected chi connectivity index (χ4v) is 4.77. The zero-order chi connectivity index (χ0) is 20.0. The van der Waals surface area contributed by atoms with Crippen molar-refractivity contribution in [2.75, 3.05) is 79.6 Å². The van der Waals surface area contributed by atoms with Crippen molar-refractivity contribution in [1.82, 2.24) is 23.3 Å². The lowest BCUT2D eigenvalue weighted by Gasteiger charge is -2.36. The first kappa shape index (κ1) is 21.9. The summed E-state index contributed by atoms with van der Waals surface area (Å²) in [5.74, 6) is 0.0152. The smallest absolute Gasteiger partial charge is 0.409 e. The predicted octanol–water partition coefficient (Wildman–Crippen LogP) is -0.899. The molecule has 0 spiro atoms. The van der Waals surface area contributed by atoms with Gasteiger partial charge in [0.1, 0.15) is 0 Å². The average molecular weight is 406 g/mol. The Hall–Kier alpha value is -1.43. The van der Waals surface area contributed by atoms with E-state index in [2.05, 4.69) is 0 Å². The van der Waals surface area contributed by atoms with Gasteiger partial charge in [-0.25, -0.2) is 4.79 Å². The van der Waals surface area contributed by atoms with Crippen molar-refractivity contribution in [1.29, 1.82) is 0 Å². The quantitative estimate of drug-likeness (QED) is 0.589. The molecule has 0 aromatic rings. The molecule has 156 valence electrons. The highest BCUT2D eigenvalue weighted by molar-refractivity contribution is 7.86. The van der Waals surface area contributed by atoms with Crippen LogP contribution in [-0.2, 0) is 19.7 Å². The molecule has 0 radical (unpaired) electrons. The van der Waals surface area contributed by atoms with E-state index in [1.54, 1.807) is 25.9 Å². The van der Waals surface area contributed by atoms with Gasteiger partial charge in [-0.15, -0.1) is 0 Å². The average Bonchev–Trinajstić information content (AvgIpc) is 2.88. The standard InChI is InChI=1S/C16H31N5O5S/c1-4-26-16(23)19-9-12-21(13-10-19)27(24,25)20-7-5-6-18(8-11-20)14-15(22)17(2)3/h4-14H2,1-3H3. The molecule has 0 N–H and O–H groups in total. The molecule has 0 aliphatic carbocycles. The van der Waals surface area contributed by atoms with E-state index in [1.807, 2.05) is 4.90 Å². The molecule has 27 heavy (non-hydrogen) atoms. The number of rotatable bonds is 5. The minimum absolute atomic E-state index is 0.0152. The summed E-state index contributed by atoms with van der Waals surface area (Å²) in [7, 11) is -0.142. The third-order valence-electron chi connectivity index (χ3n) is 4.82. The number of hydrogen-bond acceptors (Lipinski definition) is 6. The van der Waals surface area contributed by atoms with Gasteiger partial charge in [-0.1, -0.05) is 0 Å². The van der Waals surface area contributed by atoms with Crippen LogP contribution in [0, 0.1) is 0 Å². The van der Waals surface area contributed by atoms with Gasteiger partial charge in [0, 0.05) is 59.9 Å². The van der Waals surface area contributed by atoms with Gasteiger partial charge >= 0.3 is 6.09 Å². The highest BCUT2D eigenvalue weighted by Gasteiger charge is 2.34. The second-order valence-electron chi connectivity index (χ2n) is 6.91. The van der Waals surface area contributed by atoms with Gasteiger partial charge in [0.05, 0.1) is 13.2 Å². The van der Waals surface area contributed by atoms with Crippen molar-refractivity contribution in [3.63, 3.8) is 0 Å². The Labute approximate surface area is 161 Å². The van der Waals surface area contributed by atoms with Crippen molar-refractivity contribution < 1.29 is 22.7 Å². The monoisotopic (exact) mass is 405 g/mol. The van der Waals surface area contributed by atoms with Crippen molar-refractivity contribution >= 4 is 22.2 Å². The molecule has 0 saturated carbocycles. The molecule has 2 fully saturated rings. The van der Waals surface area contributed by atoms with Crippen LogP contribution in [0.3, 0.4) is 0 Å². The largest absolute Gasteiger partial charge is 0.450 e. The van der Waals surface area contributed by atoms with Gasteiger partial charge in [-0.05, 0) is 19.9 Å². The number of likely N-dealkylation sites (N-methyl/N-ethyl adjacent to an activating group) is 1. The van der Waals surface area contributed by atoms with Crippen molar-refractivity contribution in [3.8, 4) is 0 Å². The van der Waals surface area contributed by atoms with Crippen LogP contribution >= 0.6 is 0 Å². The van der Waals surface area contributed by atoms with E-state index in [1.165, 1.54) is 13.5 Å². The highest BCUT2D eigenvalue weighted by Crippen LogP contribution is 2.15. The van der Waals surface area contributed by atoms with Crippen LogP contribution in [0.25, 0.3) is 0 Å². The molecule has 2 aliphatic heterocycles. The fraction of sp³-hybridized carbons (Fsp3) is 0.875. The third-order valence-corrected chi connectivity index (χ3v) is 6.86. The molecule has 2 aliphatic rings. The van der Waals surface area contributed by atoms with Crippen LogP contribution in [0.5, 0.6) is 0 Å². The second-order valence-corrected chi connectivity index (χ2v) is 8.84. The van der Waals surface area contributed by atoms with E-state index in [4.69, 9.17) is 4.74 Å². The molecular weight excluding hydrogens is 374 g/mol. The van der Waals surface area contributed by atoms with E-state index in [0.29, 0.717) is 58.8 Å². The van der Waals surface area contributed by atoms with E-state index < -0.39 is 16.3 Å². The van der Waals surface area contributed by atoms with E-state index >= 15 is 0 Å². The number of piperazine rings is 1. The molecule has 2 rings (SSSR count). The maximum Gasteiger partial charge on any atom is 0.409 e. The predicted molar refractivity (Wildman–Crippen MR) is 100 cm³/mol. The highest BCUT2D eigenvalue weighted by atomic mass is 32.2. The first-order valence-electron chi connectivity index (χ1n) is 9.35. The summed E-state index contributed by atoms with van der Waals surface area (Å²) in [4.78, 5) is 28.7. The van der Waals surface area contributed by atoms with Gasteiger partial charge in [0.15, 0.2) is 0 Å². The van der Waals surface area contributed by atoms with Crippen molar-refractivity contribution in [2.24, 2.45) is 0 Å². The Kier molecular flexibility index (Phi) is 7.83. The van der Waals surface area contributed by atoms with Crippen LogP contribution in [0.15, 0.2) is 0 Å². The Morgan fingerprint density at radius 1 is 0.926 bits per heavy atom. The summed E-state index contributed by atoms with van der Waals surface area (Å²) in [5, 5.41) is 0. The minimum atomic E-state index is -3.57. The maximum atomic E-state index is 13.0. The maximum absolute atomic E-state index is 13.0. The van der Waals surface area contributed by atoms with Crippen LogP contribution in [0.1, 0.15) is 13.3 Å². The summed E-state index contributed by atoms with van der Waals surface area (Å²) >= 11 is 0. The topological polar surface area (TPSA) is 93.7 Å². The molecular formula is C16H31N5O5S. The second kappa shape index (κ2) is 9.67. The summed E-state index contributed by atoms with van der Waals surface area (Å²) in [5.41, 5.74) is 0. The Balaban J connectivity index is 1.90. The van der Waals surface area contributed by atoms with Crippen molar-refractivity contribution in [2.45, 2.75) is 13.3 Å². The fourth-order valence-electron chi connectivity index (χ4n) is 3.15. The zero-order valence-electron chi connectivity index (χ0n) is 16.5. The van der Waals surface area contributed by atoms with Crippen LogP contribution in [0.4, 0.5) is 4.79 Å². The summed E-state index contributed by atoms with van der Waals surface area (Å²) < 4.78 is 33.8. The number of carbonyl (C=O) groups is 2. The Morgan fingerprint density at radius 2 is 1.52 bits per heavy atom. The third kappa shape index (κ3) is 5.77. The minimum Gasteiger partial charge on any atom is -0.450 e. The molecule has 11 heteroatoms. The van der Waals surface area contributed by atoms with Gasteiger partial charge in [0.2, 0.25) is 5.91 Å². The van der Waals surface area contributed by atoms with Gasteiger partial charge < -0.3 is 14.5 Å². The number of hydrogen-bond donors (Lipinski definition) is 0. The molecule has 0 unspecified atom stereocenters. The van der Waals surface area contributed by atoms with E-state index in [9.17, 15) is 18.0 Å². The summed E-state index contributed by atoms with van der Waals surface area (Å²) in [6, 6.07) is 0. The zero-order valence-corrected chi connectivity index (χ0v) is 17.3. The Bertz CT molecular complexity index is 619. The molecule has 0 aromatic heterocycles. The lowest BCUT2D eigenvalue weighted by molar-refractivity contribution is -0.129. The number of amides is 2. The molecule has 2 heterocycles. The first-order valence-corrected chi connectivity index (χ1v) is 10.7. The number of carbonyl (C=O) groups excluding carboxylic acids is 2. The van der Waals surface area contributed by atoms with E-state index in [0.717, 1.165) is 0 Å².